The fraction of sp³-hybridized carbons (Fsp3) is 0. The molecule has 1 unspecified atom stereocenters. The minimum Gasteiger partial charge on any atom is -1.00 e. The van der Waals surface area contributed by atoms with Crippen LogP contribution in [0, 0.1) is 0 Å². The Morgan fingerprint density at radius 1 is 1.18 bits per heavy atom. The first-order valence-corrected chi connectivity index (χ1v) is 5.51. The van der Waals surface area contributed by atoms with Gasteiger partial charge in [0.25, 0.3) is 0 Å². The molecule has 6 nitrogen and oxygen atoms in total. The molecule has 0 saturated carbocycles. The summed E-state index contributed by atoms with van der Waals surface area (Å²) < 4.78 is 22.7. The average molecular weight is 244 g/mol. The summed E-state index contributed by atoms with van der Waals surface area (Å²) in [6, 6.07) is 0. The maximum Gasteiger partial charge on any atom is 1.00 e. The van der Waals surface area contributed by atoms with E-state index in [1.54, 1.807) is 0 Å². The van der Waals surface area contributed by atoms with Crippen molar-refractivity contribution in [2.75, 3.05) is 0 Å². The van der Waals surface area contributed by atoms with E-state index in [-0.39, 0.29) is 62.0 Å². The summed E-state index contributed by atoms with van der Waals surface area (Å²) in [6.07, 6.45) is 0. The molecule has 0 radical (unpaired) electrons. The minimum absolute atomic E-state index is 0. The Kier molecular flexibility index (Phi) is 12.2. The topological polar surface area (TPSA) is 104 Å². The Bertz CT molecular complexity index is 167. The van der Waals surface area contributed by atoms with Crippen LogP contribution in [0.2, 0.25) is 0 Å². The molecule has 1 atom stereocenters. The van der Waals surface area contributed by atoms with Crippen LogP contribution < -0.4 is 59.1 Å². The van der Waals surface area contributed by atoms with Crippen LogP contribution in [0.1, 0.15) is 2.85 Å². The van der Waals surface area contributed by atoms with E-state index in [4.69, 9.17) is 14.7 Å². The van der Waals surface area contributed by atoms with Gasteiger partial charge in [-0.1, -0.05) is 0 Å². The standard InChI is InChI=1S/ClH3O6P2.2Na.2H/c1-8(2,3)7-9(4,5)6;;;;/h(H,2,3)(H2,4,5,6);;;;/q;2*+1;2*-1. The molecule has 0 saturated heterocycles. The zero-order chi connectivity index (χ0) is 7.71. The fourth-order valence-corrected chi connectivity index (χ4v) is 1.90. The SMILES string of the molecule is O=P(O)(O)OP(=O)(O)Cl.[H-].[H-].[Na+].[Na+]. The van der Waals surface area contributed by atoms with Gasteiger partial charge in [0.2, 0.25) is 0 Å². The third kappa shape index (κ3) is 19.1. The van der Waals surface area contributed by atoms with Gasteiger partial charge in [-0.25, -0.2) is 9.13 Å². The molecule has 0 amide bonds. The molecule has 0 rings (SSSR count). The molecular formula is H5ClNa2O6P2. The summed E-state index contributed by atoms with van der Waals surface area (Å²) >= 11 is 4.41. The molecule has 3 N–H and O–H groups in total. The van der Waals surface area contributed by atoms with Crippen molar-refractivity contribution in [2.24, 2.45) is 0 Å². The molecule has 0 aromatic rings. The smallest absolute Gasteiger partial charge is 1.00 e. The van der Waals surface area contributed by atoms with Crippen LogP contribution in [0.4, 0.5) is 0 Å². The van der Waals surface area contributed by atoms with Crippen molar-refractivity contribution in [2.45, 2.75) is 0 Å². The first-order valence-electron chi connectivity index (χ1n) is 1.50. The Morgan fingerprint density at radius 3 is 1.45 bits per heavy atom. The molecule has 0 spiro atoms. The molecule has 0 heterocycles. The van der Waals surface area contributed by atoms with E-state index < -0.39 is 14.8 Å². The van der Waals surface area contributed by atoms with E-state index in [0.29, 0.717) is 0 Å². The van der Waals surface area contributed by atoms with Crippen LogP contribution in [-0.2, 0) is 13.4 Å². The van der Waals surface area contributed by atoms with Gasteiger partial charge < -0.3 is 17.5 Å². The van der Waals surface area contributed by atoms with Gasteiger partial charge in [-0.2, -0.15) is 4.31 Å². The van der Waals surface area contributed by atoms with E-state index >= 15 is 0 Å². The summed E-state index contributed by atoms with van der Waals surface area (Å²) in [5.41, 5.74) is 0. The van der Waals surface area contributed by atoms with Gasteiger partial charge >= 0.3 is 73.9 Å². The minimum atomic E-state index is -4.93. The molecule has 0 fully saturated rings. The molecule has 0 aromatic carbocycles. The predicted octanol–water partition coefficient (Wildman–Crippen LogP) is -5.33. The molecule has 0 bridgehead atoms. The van der Waals surface area contributed by atoms with Crippen LogP contribution in [-0.4, -0.2) is 14.7 Å². The van der Waals surface area contributed by atoms with Gasteiger partial charge in [0.1, 0.15) is 0 Å². The zero-order valence-electron chi connectivity index (χ0n) is 7.84. The summed E-state index contributed by atoms with van der Waals surface area (Å²) in [4.78, 5) is 23.6. The second kappa shape index (κ2) is 6.96. The first-order chi connectivity index (χ1) is 3.71. The van der Waals surface area contributed by atoms with Crippen LogP contribution in [0.3, 0.4) is 0 Å². The van der Waals surface area contributed by atoms with E-state index in [9.17, 15) is 9.13 Å². The van der Waals surface area contributed by atoms with Crippen molar-refractivity contribution >= 4 is 26.0 Å². The Morgan fingerprint density at radius 2 is 1.45 bits per heavy atom. The Balaban J connectivity index is -0.0000000533. The van der Waals surface area contributed by atoms with Crippen molar-refractivity contribution in [3.05, 3.63) is 0 Å². The number of hydrogen-bond acceptors (Lipinski definition) is 3. The zero-order valence-corrected chi connectivity index (χ0v) is 12.4. The van der Waals surface area contributed by atoms with E-state index in [2.05, 4.69) is 15.6 Å². The fourth-order valence-electron chi connectivity index (χ4n) is 0.131. The maximum atomic E-state index is 9.84. The number of rotatable bonds is 2. The molecule has 11 heteroatoms. The van der Waals surface area contributed by atoms with Crippen molar-refractivity contribution in [3.63, 3.8) is 0 Å². The summed E-state index contributed by atoms with van der Waals surface area (Å²) in [5.74, 6) is 0. The van der Waals surface area contributed by atoms with Crippen LogP contribution >= 0.6 is 26.0 Å². The molecule has 0 aromatic heterocycles. The van der Waals surface area contributed by atoms with Gasteiger partial charge in [0.15, 0.2) is 0 Å². The molecule has 60 valence electrons. The van der Waals surface area contributed by atoms with Crippen LogP contribution in [0.25, 0.3) is 0 Å². The van der Waals surface area contributed by atoms with E-state index in [1.165, 1.54) is 0 Å². The van der Waals surface area contributed by atoms with Crippen molar-refractivity contribution in [3.8, 4) is 0 Å². The van der Waals surface area contributed by atoms with Gasteiger partial charge in [-0.05, 0) is 0 Å². The number of phosphoric acid groups is 1. The third-order valence-electron chi connectivity index (χ3n) is 0.207. The third-order valence-corrected chi connectivity index (χ3v) is 2.42. The van der Waals surface area contributed by atoms with Crippen molar-refractivity contribution < 1.29 is 90.1 Å². The van der Waals surface area contributed by atoms with Gasteiger partial charge in [-0.3, -0.25) is 0 Å². The van der Waals surface area contributed by atoms with Crippen molar-refractivity contribution in [1.82, 2.24) is 0 Å². The average Bonchev–Trinajstić information content (AvgIpc) is 1.14. The Labute approximate surface area is 115 Å². The van der Waals surface area contributed by atoms with Crippen molar-refractivity contribution in [1.29, 1.82) is 0 Å². The maximum absolute atomic E-state index is 9.84. The molecule has 11 heavy (non-hydrogen) atoms. The second-order valence-corrected chi connectivity index (χ2v) is 4.84. The monoisotopic (exact) mass is 244 g/mol. The first kappa shape index (κ1) is 19.2. The molecule has 0 aliphatic heterocycles. The molecular weight excluding hydrogens is 239 g/mol. The van der Waals surface area contributed by atoms with E-state index in [1.807, 2.05) is 0 Å². The summed E-state index contributed by atoms with van der Waals surface area (Å²) in [7, 11) is -4.93. The normalized spacial score (nSPS) is 15.6. The van der Waals surface area contributed by atoms with E-state index in [0.717, 1.165) is 0 Å². The summed E-state index contributed by atoms with van der Waals surface area (Å²) in [6.45, 7) is -4.58. The second-order valence-electron chi connectivity index (χ2n) is 1.02. The largest absolute Gasteiger partial charge is 1.00 e. The van der Waals surface area contributed by atoms with Gasteiger partial charge in [-0.15, -0.1) is 0 Å². The van der Waals surface area contributed by atoms with Gasteiger partial charge in [0, 0.05) is 11.2 Å². The van der Waals surface area contributed by atoms with Crippen LogP contribution in [0.15, 0.2) is 0 Å². The predicted molar refractivity (Wildman–Crippen MR) is 31.0 cm³/mol. The number of halogens is 1. The summed E-state index contributed by atoms with van der Waals surface area (Å²) in [5, 5.41) is 0. The molecule has 0 aliphatic rings. The number of hydrogen-bond donors (Lipinski definition) is 3. The van der Waals surface area contributed by atoms with Gasteiger partial charge in [0.05, 0.1) is 0 Å². The Hall–Kier alpha value is 2.59. The quantitative estimate of drug-likeness (QED) is 0.331. The molecule has 0 aliphatic carbocycles. The van der Waals surface area contributed by atoms with Crippen LogP contribution in [0.5, 0.6) is 0 Å².